The monoisotopic (exact) mass is 320 g/mol. The standard InChI is InChI=1S/C12H17ClN2O4S/c1-2-15-7-10(20(13,17)18)6-11(15)12(16)14-9-4-3-5-19-8-9/h6-7,9H,2-5,8H2,1H3,(H,14,16). The quantitative estimate of drug-likeness (QED) is 0.849. The molecular weight excluding hydrogens is 304 g/mol. The molecule has 2 rings (SSSR count). The zero-order chi connectivity index (χ0) is 14.8. The summed E-state index contributed by atoms with van der Waals surface area (Å²) in [5.74, 6) is -0.311. The molecule has 112 valence electrons. The molecular formula is C12H17ClN2O4S. The van der Waals surface area contributed by atoms with Crippen molar-refractivity contribution in [2.24, 2.45) is 0 Å². The van der Waals surface area contributed by atoms with E-state index in [-0.39, 0.29) is 22.5 Å². The summed E-state index contributed by atoms with van der Waals surface area (Å²) in [4.78, 5) is 12.1. The highest BCUT2D eigenvalue weighted by atomic mass is 35.7. The minimum atomic E-state index is -3.83. The third-order valence-electron chi connectivity index (χ3n) is 3.22. The minimum Gasteiger partial charge on any atom is -0.379 e. The summed E-state index contributed by atoms with van der Waals surface area (Å²) >= 11 is 0. The van der Waals surface area contributed by atoms with E-state index in [0.717, 1.165) is 12.8 Å². The van der Waals surface area contributed by atoms with Crippen molar-refractivity contribution in [2.45, 2.75) is 37.2 Å². The highest BCUT2D eigenvalue weighted by molar-refractivity contribution is 8.13. The number of nitrogens with zero attached hydrogens (tertiary/aromatic N) is 1. The zero-order valence-corrected chi connectivity index (χ0v) is 12.7. The average molecular weight is 321 g/mol. The Balaban J connectivity index is 2.18. The number of carbonyl (C=O) groups excluding carboxylic acids is 1. The van der Waals surface area contributed by atoms with Gasteiger partial charge in [-0.3, -0.25) is 4.79 Å². The second-order valence-corrected chi connectivity index (χ2v) is 7.24. The average Bonchev–Trinajstić information content (AvgIpc) is 2.84. The van der Waals surface area contributed by atoms with Crippen LogP contribution in [0.2, 0.25) is 0 Å². The van der Waals surface area contributed by atoms with Gasteiger partial charge in [-0.05, 0) is 25.8 Å². The Morgan fingerprint density at radius 1 is 1.60 bits per heavy atom. The van der Waals surface area contributed by atoms with Crippen molar-refractivity contribution in [1.82, 2.24) is 9.88 Å². The molecule has 8 heteroatoms. The molecule has 6 nitrogen and oxygen atoms in total. The van der Waals surface area contributed by atoms with Gasteiger partial charge in [0.25, 0.3) is 15.0 Å². The molecule has 1 unspecified atom stereocenters. The number of rotatable bonds is 4. The van der Waals surface area contributed by atoms with Crippen LogP contribution >= 0.6 is 10.7 Å². The zero-order valence-electron chi connectivity index (χ0n) is 11.1. The van der Waals surface area contributed by atoms with Crippen molar-refractivity contribution in [3.8, 4) is 0 Å². The SMILES string of the molecule is CCn1cc(S(=O)(=O)Cl)cc1C(=O)NC1CCCOC1. The molecule has 1 aliphatic rings. The lowest BCUT2D eigenvalue weighted by Gasteiger charge is -2.23. The number of hydrogen-bond donors (Lipinski definition) is 1. The van der Waals surface area contributed by atoms with Crippen molar-refractivity contribution >= 4 is 25.6 Å². The Bertz CT molecular complexity index is 591. The summed E-state index contributed by atoms with van der Waals surface area (Å²) in [7, 11) is 1.47. The normalized spacial score (nSPS) is 19.8. The molecule has 2 heterocycles. The maximum Gasteiger partial charge on any atom is 0.268 e. The van der Waals surface area contributed by atoms with E-state index in [1.807, 2.05) is 6.92 Å². The summed E-state index contributed by atoms with van der Waals surface area (Å²) in [6.45, 7) is 3.51. The highest BCUT2D eigenvalue weighted by Gasteiger charge is 2.22. The largest absolute Gasteiger partial charge is 0.379 e. The molecule has 1 aromatic rings. The molecule has 1 amide bonds. The molecule has 0 aliphatic carbocycles. The van der Waals surface area contributed by atoms with Crippen molar-refractivity contribution in [3.05, 3.63) is 18.0 Å². The van der Waals surface area contributed by atoms with E-state index in [0.29, 0.717) is 19.8 Å². The number of aryl methyl sites for hydroxylation is 1. The van der Waals surface area contributed by atoms with Crippen LogP contribution < -0.4 is 5.32 Å². The van der Waals surface area contributed by atoms with Crippen LogP contribution in [0.3, 0.4) is 0 Å². The summed E-state index contributed by atoms with van der Waals surface area (Å²) in [6.07, 6.45) is 3.13. The van der Waals surface area contributed by atoms with Gasteiger partial charge in [0.1, 0.15) is 10.6 Å². The van der Waals surface area contributed by atoms with Crippen molar-refractivity contribution in [2.75, 3.05) is 13.2 Å². The van der Waals surface area contributed by atoms with Crippen LogP contribution in [0.25, 0.3) is 0 Å². The summed E-state index contributed by atoms with van der Waals surface area (Å²) in [5, 5.41) is 2.85. The number of amides is 1. The van der Waals surface area contributed by atoms with E-state index in [1.165, 1.54) is 12.3 Å². The van der Waals surface area contributed by atoms with E-state index in [4.69, 9.17) is 15.4 Å². The first-order valence-electron chi connectivity index (χ1n) is 6.45. The number of ether oxygens (including phenoxy) is 1. The van der Waals surface area contributed by atoms with E-state index < -0.39 is 9.05 Å². The molecule has 0 saturated carbocycles. The van der Waals surface area contributed by atoms with Gasteiger partial charge >= 0.3 is 0 Å². The van der Waals surface area contributed by atoms with Gasteiger partial charge < -0.3 is 14.6 Å². The fourth-order valence-corrected chi connectivity index (χ4v) is 2.94. The van der Waals surface area contributed by atoms with Crippen LogP contribution in [0.4, 0.5) is 0 Å². The van der Waals surface area contributed by atoms with Crippen LogP contribution in [-0.4, -0.2) is 38.1 Å². The first-order chi connectivity index (χ1) is 9.41. The third kappa shape index (κ3) is 3.53. The maximum atomic E-state index is 12.2. The number of halogens is 1. The first kappa shape index (κ1) is 15.3. The van der Waals surface area contributed by atoms with Crippen LogP contribution in [0.15, 0.2) is 17.2 Å². The minimum absolute atomic E-state index is 0.0347. The number of hydrogen-bond acceptors (Lipinski definition) is 4. The predicted molar refractivity (Wildman–Crippen MR) is 74.5 cm³/mol. The van der Waals surface area contributed by atoms with E-state index in [1.54, 1.807) is 4.57 Å². The third-order valence-corrected chi connectivity index (χ3v) is 4.54. The molecule has 1 fully saturated rings. The number of carbonyl (C=O) groups is 1. The smallest absolute Gasteiger partial charge is 0.268 e. The Morgan fingerprint density at radius 2 is 2.35 bits per heavy atom. The maximum absolute atomic E-state index is 12.2. The molecule has 0 spiro atoms. The van der Waals surface area contributed by atoms with Gasteiger partial charge in [0, 0.05) is 30.0 Å². The van der Waals surface area contributed by atoms with Crippen LogP contribution in [0.5, 0.6) is 0 Å². The Hall–Kier alpha value is -1.05. The van der Waals surface area contributed by atoms with Crippen LogP contribution in [0.1, 0.15) is 30.3 Å². The lowest BCUT2D eigenvalue weighted by atomic mass is 10.1. The van der Waals surface area contributed by atoms with E-state index in [2.05, 4.69) is 5.32 Å². The van der Waals surface area contributed by atoms with Gasteiger partial charge in [-0.25, -0.2) is 8.42 Å². The molecule has 0 radical (unpaired) electrons. The van der Waals surface area contributed by atoms with Gasteiger partial charge in [0.05, 0.1) is 12.6 Å². The fourth-order valence-electron chi connectivity index (χ4n) is 2.18. The first-order valence-corrected chi connectivity index (χ1v) is 8.76. The summed E-state index contributed by atoms with van der Waals surface area (Å²) < 4.78 is 29.5. The van der Waals surface area contributed by atoms with Gasteiger partial charge in [-0.2, -0.15) is 0 Å². The van der Waals surface area contributed by atoms with Crippen molar-refractivity contribution < 1.29 is 17.9 Å². The molecule has 1 saturated heterocycles. The summed E-state index contributed by atoms with van der Waals surface area (Å²) in [6, 6.07) is 1.26. The molecule has 1 aromatic heterocycles. The molecule has 0 aromatic carbocycles. The van der Waals surface area contributed by atoms with Crippen LogP contribution in [0, 0.1) is 0 Å². The predicted octanol–water partition coefficient (Wildman–Crippen LogP) is 1.34. The van der Waals surface area contributed by atoms with Crippen molar-refractivity contribution in [3.63, 3.8) is 0 Å². The second-order valence-electron chi connectivity index (χ2n) is 4.67. The summed E-state index contributed by atoms with van der Waals surface area (Å²) in [5.41, 5.74) is 0.289. The number of aromatic nitrogens is 1. The van der Waals surface area contributed by atoms with Gasteiger partial charge in [0.2, 0.25) is 0 Å². The molecule has 1 aliphatic heterocycles. The lowest BCUT2D eigenvalue weighted by Crippen LogP contribution is -2.41. The fraction of sp³-hybridized carbons (Fsp3) is 0.583. The van der Waals surface area contributed by atoms with Crippen LogP contribution in [-0.2, 0) is 20.3 Å². The Kier molecular flexibility index (Phi) is 4.72. The Morgan fingerprint density at radius 3 is 2.90 bits per heavy atom. The second kappa shape index (κ2) is 6.15. The lowest BCUT2D eigenvalue weighted by molar-refractivity contribution is 0.0620. The van der Waals surface area contributed by atoms with E-state index >= 15 is 0 Å². The number of nitrogens with one attached hydrogen (secondary N) is 1. The topological polar surface area (TPSA) is 77.4 Å². The van der Waals surface area contributed by atoms with Gasteiger partial charge in [-0.1, -0.05) is 0 Å². The van der Waals surface area contributed by atoms with E-state index in [9.17, 15) is 13.2 Å². The van der Waals surface area contributed by atoms with Gasteiger partial charge in [-0.15, -0.1) is 0 Å². The molecule has 1 N–H and O–H groups in total. The van der Waals surface area contributed by atoms with Gasteiger partial charge in [0.15, 0.2) is 0 Å². The Labute approximate surface area is 122 Å². The molecule has 20 heavy (non-hydrogen) atoms. The highest BCUT2D eigenvalue weighted by Crippen LogP contribution is 2.19. The molecule has 0 bridgehead atoms. The van der Waals surface area contributed by atoms with Crippen molar-refractivity contribution in [1.29, 1.82) is 0 Å². The molecule has 1 atom stereocenters.